The van der Waals surface area contributed by atoms with Crippen LogP contribution in [-0.2, 0) is 0 Å². The molecule has 11 rings (SSSR count). The van der Waals surface area contributed by atoms with Crippen molar-refractivity contribution in [1.29, 1.82) is 0 Å². The number of fused-ring (bicyclic) bond motifs is 6. The minimum atomic E-state index is -0.525. The molecule has 0 radical (unpaired) electrons. The third-order valence-electron chi connectivity index (χ3n) is 10.1. The molecule has 0 aliphatic heterocycles. The monoisotopic (exact) mass is 724 g/mol. The van der Waals surface area contributed by atoms with E-state index in [1.165, 1.54) is 0 Å². The lowest BCUT2D eigenvalue weighted by Gasteiger charge is -2.20. The van der Waals surface area contributed by atoms with Gasteiger partial charge < -0.3 is 8.98 Å². The average molecular weight is 725 g/mol. The second-order valence-electron chi connectivity index (χ2n) is 13.4. The molecule has 0 fully saturated rings. The molecule has 0 saturated carbocycles. The average Bonchev–Trinajstić information content (AvgIpc) is 3.90. The molecule has 0 bridgehead atoms. The van der Waals surface area contributed by atoms with E-state index in [1.54, 1.807) is 4.57 Å². The molecular weight excluding hydrogens is 685 g/mol. The van der Waals surface area contributed by atoms with E-state index < -0.39 is 48.3 Å². The molecule has 3 aromatic heterocycles. The van der Waals surface area contributed by atoms with E-state index in [0.29, 0.717) is 45.2 Å². The van der Waals surface area contributed by atoms with Crippen molar-refractivity contribution < 1.29 is 15.4 Å². The van der Waals surface area contributed by atoms with E-state index in [0.717, 1.165) is 33.0 Å². The molecule has 0 aliphatic carbocycles. The van der Waals surface area contributed by atoms with Crippen molar-refractivity contribution in [2.75, 3.05) is 0 Å². The highest BCUT2D eigenvalue weighted by atomic mass is 16.3. The topological polar surface area (TPSA) is 56.7 Å². The van der Waals surface area contributed by atoms with E-state index >= 15 is 0 Å². The van der Waals surface area contributed by atoms with Gasteiger partial charge in [0.1, 0.15) is 11.2 Å². The fraction of sp³-hybridized carbons (Fsp3) is 0. The van der Waals surface area contributed by atoms with Crippen LogP contribution in [0.5, 0.6) is 0 Å². The lowest BCUT2D eigenvalue weighted by molar-refractivity contribution is 0.669. The number of aromatic nitrogens is 4. The first-order valence-corrected chi connectivity index (χ1v) is 18.1. The van der Waals surface area contributed by atoms with Gasteiger partial charge in [0.05, 0.1) is 27.7 Å². The van der Waals surface area contributed by atoms with Crippen LogP contribution in [0.25, 0.3) is 106 Å². The first-order valence-electron chi connectivity index (χ1n) is 22.1. The van der Waals surface area contributed by atoms with Crippen molar-refractivity contribution in [1.82, 2.24) is 19.5 Å². The molecular formula is C51H32N4O. The molecule has 8 aromatic carbocycles. The van der Waals surface area contributed by atoms with Gasteiger partial charge in [0.15, 0.2) is 17.5 Å². The van der Waals surface area contributed by atoms with E-state index in [1.807, 2.05) is 146 Å². The van der Waals surface area contributed by atoms with Gasteiger partial charge in [-0.05, 0) is 53.0 Å². The van der Waals surface area contributed by atoms with E-state index in [4.69, 9.17) is 24.9 Å². The predicted octanol–water partition coefficient (Wildman–Crippen LogP) is 13.2. The maximum Gasteiger partial charge on any atom is 0.166 e. The van der Waals surface area contributed by atoms with Crippen LogP contribution in [0.3, 0.4) is 0 Å². The van der Waals surface area contributed by atoms with Crippen LogP contribution in [0.15, 0.2) is 198 Å². The Bertz CT molecular complexity index is 3640. The number of rotatable bonds is 6. The Morgan fingerprint density at radius 2 is 0.946 bits per heavy atom. The maximum atomic E-state index is 9.44. The summed E-state index contributed by atoms with van der Waals surface area (Å²) in [6, 6.07) is 42.5. The van der Waals surface area contributed by atoms with Crippen molar-refractivity contribution >= 4 is 43.7 Å². The summed E-state index contributed by atoms with van der Waals surface area (Å²) in [7, 11) is 0. The smallest absolute Gasteiger partial charge is 0.166 e. The second-order valence-corrected chi connectivity index (χ2v) is 13.4. The summed E-state index contributed by atoms with van der Waals surface area (Å²) in [6.07, 6.45) is 0. The molecule has 0 saturated heterocycles. The molecule has 0 spiro atoms. The predicted molar refractivity (Wildman–Crippen MR) is 229 cm³/mol. The molecule has 3 heterocycles. The maximum absolute atomic E-state index is 9.44. The zero-order chi connectivity index (χ0) is 44.0. The summed E-state index contributed by atoms with van der Waals surface area (Å²) >= 11 is 0. The van der Waals surface area contributed by atoms with Crippen molar-refractivity contribution in [3.8, 4) is 62.1 Å². The lowest BCUT2D eigenvalue weighted by atomic mass is 9.92. The number of para-hydroxylation sites is 4. The second kappa shape index (κ2) is 13.0. The van der Waals surface area contributed by atoms with Crippen molar-refractivity contribution in [2.45, 2.75) is 0 Å². The Hall–Kier alpha value is -7.63. The van der Waals surface area contributed by atoms with Gasteiger partial charge in [-0.2, -0.15) is 0 Å². The summed E-state index contributed by atoms with van der Waals surface area (Å²) < 4.78 is 80.4. The van der Waals surface area contributed by atoms with E-state index in [-0.39, 0.29) is 27.6 Å². The molecule has 0 atom stereocenters. The summed E-state index contributed by atoms with van der Waals surface area (Å²) in [6.45, 7) is 0. The van der Waals surface area contributed by atoms with Crippen LogP contribution in [0, 0.1) is 0 Å². The van der Waals surface area contributed by atoms with Crippen LogP contribution in [0.1, 0.15) is 11.0 Å². The Labute approximate surface area is 334 Å². The number of hydrogen-bond acceptors (Lipinski definition) is 4. The Morgan fingerprint density at radius 1 is 0.393 bits per heavy atom. The largest absolute Gasteiger partial charge is 0.456 e. The van der Waals surface area contributed by atoms with Crippen LogP contribution in [0.2, 0.25) is 0 Å². The number of furan rings is 1. The van der Waals surface area contributed by atoms with Crippen LogP contribution in [-0.4, -0.2) is 19.5 Å². The molecule has 56 heavy (non-hydrogen) atoms. The third kappa shape index (κ3) is 5.21. The van der Waals surface area contributed by atoms with Crippen LogP contribution < -0.4 is 0 Å². The highest BCUT2D eigenvalue weighted by Crippen LogP contribution is 2.43. The molecule has 0 aliphatic rings. The summed E-state index contributed by atoms with van der Waals surface area (Å²) in [5.41, 5.74) is 6.56. The van der Waals surface area contributed by atoms with Gasteiger partial charge in [0, 0.05) is 43.8 Å². The number of nitrogens with zero attached hydrogens (tertiary/aromatic N) is 4. The fourth-order valence-electron chi connectivity index (χ4n) is 7.62. The SMILES string of the molecule is [2H]c1c([2H])c([2H])c2c(c1[2H])c1c([2H])c([2H])c([2H])c([2H])c1n2-c1c(-c2nc(-c3ccccc3)nc(-c3ccc4c(c3)oc3ccccc34)n2)cccc1-c1ccccc1-c1ccccc1. The molecule has 0 amide bonds. The lowest BCUT2D eigenvalue weighted by Crippen LogP contribution is -2.05. The molecule has 11 aromatic rings. The first kappa shape index (κ1) is 24.6. The molecule has 5 nitrogen and oxygen atoms in total. The zero-order valence-corrected chi connectivity index (χ0v) is 29.6. The van der Waals surface area contributed by atoms with Crippen molar-refractivity contribution in [2.24, 2.45) is 0 Å². The van der Waals surface area contributed by atoms with Gasteiger partial charge >= 0.3 is 0 Å². The van der Waals surface area contributed by atoms with Gasteiger partial charge in [0.2, 0.25) is 0 Å². The van der Waals surface area contributed by atoms with Crippen LogP contribution >= 0.6 is 0 Å². The minimum absolute atomic E-state index is 0.0215. The molecule has 0 N–H and O–H groups in total. The Morgan fingerprint density at radius 3 is 1.70 bits per heavy atom. The van der Waals surface area contributed by atoms with Gasteiger partial charge in [-0.15, -0.1) is 0 Å². The number of hydrogen-bond donors (Lipinski definition) is 0. The van der Waals surface area contributed by atoms with Gasteiger partial charge in [-0.1, -0.05) is 158 Å². The van der Waals surface area contributed by atoms with Gasteiger partial charge in [-0.25, -0.2) is 15.0 Å². The Balaban J connectivity index is 1.31. The standard InChI is InChI=1S/C51H32N4O/c1-3-16-33(17-4-1)36-20-7-8-21-37(36)42-25-15-26-43(48(42)55-44-27-12-9-22-38(44)39-23-10-13-28-45(39)55)51-53-49(34-18-5-2-6-19-34)52-50(54-51)35-30-31-41-40-24-11-14-29-46(40)56-47(41)32-35/h1-32H/i9D,10D,12D,13D,22D,23D,27D,28D. The molecule has 0 unspecified atom stereocenters. The first-order chi connectivity index (χ1) is 31.1. The number of benzene rings is 8. The van der Waals surface area contributed by atoms with Crippen LogP contribution in [0.4, 0.5) is 0 Å². The zero-order valence-electron chi connectivity index (χ0n) is 37.6. The Kier molecular flexibility index (Phi) is 5.74. The summed E-state index contributed by atoms with van der Waals surface area (Å²) in [5.74, 6) is 0.898. The van der Waals surface area contributed by atoms with Crippen molar-refractivity contribution in [3.05, 3.63) is 194 Å². The summed E-state index contributed by atoms with van der Waals surface area (Å²) in [5, 5.41) is 1.84. The third-order valence-corrected chi connectivity index (χ3v) is 10.1. The summed E-state index contributed by atoms with van der Waals surface area (Å²) in [4.78, 5) is 15.3. The van der Waals surface area contributed by atoms with Gasteiger partial charge in [0.25, 0.3) is 0 Å². The van der Waals surface area contributed by atoms with Crippen molar-refractivity contribution in [3.63, 3.8) is 0 Å². The highest BCUT2D eigenvalue weighted by molar-refractivity contribution is 6.11. The minimum Gasteiger partial charge on any atom is -0.456 e. The molecule has 5 heteroatoms. The quantitative estimate of drug-likeness (QED) is 0.171. The van der Waals surface area contributed by atoms with E-state index in [9.17, 15) is 5.48 Å². The van der Waals surface area contributed by atoms with E-state index in [2.05, 4.69) is 0 Å². The fourth-order valence-corrected chi connectivity index (χ4v) is 7.62. The molecule has 262 valence electrons. The highest BCUT2D eigenvalue weighted by Gasteiger charge is 2.24. The van der Waals surface area contributed by atoms with Gasteiger partial charge in [-0.3, -0.25) is 0 Å². The normalized spacial score (nSPS) is 13.6.